The van der Waals surface area contributed by atoms with Crippen LogP contribution in [0.4, 0.5) is 24.8 Å². The molecule has 3 N–H and O–H groups in total. The maximum atomic E-state index is 14.2. The van der Waals surface area contributed by atoms with Gasteiger partial charge in [-0.25, -0.2) is 31.6 Å². The third-order valence-electron chi connectivity index (χ3n) is 5.62. The Morgan fingerprint density at radius 2 is 1.71 bits per heavy atom. The summed E-state index contributed by atoms with van der Waals surface area (Å²) in [6.45, 7) is 0. The summed E-state index contributed by atoms with van der Waals surface area (Å²) in [6.07, 6.45) is 1.06. The highest BCUT2D eigenvalue weighted by Crippen LogP contribution is 2.43. The zero-order valence-corrected chi connectivity index (χ0v) is 19.4. The van der Waals surface area contributed by atoms with E-state index in [-0.39, 0.29) is 16.7 Å². The van der Waals surface area contributed by atoms with E-state index in [1.165, 1.54) is 24.3 Å². The molecule has 0 spiro atoms. The van der Waals surface area contributed by atoms with E-state index < -0.39 is 32.4 Å². The van der Waals surface area contributed by atoms with Gasteiger partial charge in [-0.05, 0) is 60.4 Å². The van der Waals surface area contributed by atoms with Crippen LogP contribution >= 0.6 is 11.6 Å². The summed E-state index contributed by atoms with van der Waals surface area (Å²) in [7, 11) is -4.44. The monoisotopic (exact) mass is 516 g/mol. The van der Waals surface area contributed by atoms with Crippen LogP contribution in [0.1, 0.15) is 11.3 Å². The Balaban J connectivity index is 1.66. The van der Waals surface area contributed by atoms with E-state index in [4.69, 9.17) is 17.3 Å². The first-order valence-corrected chi connectivity index (χ1v) is 12.2. The van der Waals surface area contributed by atoms with E-state index in [0.29, 0.717) is 47.0 Å². The van der Waals surface area contributed by atoms with Crippen molar-refractivity contribution in [3.05, 3.63) is 88.3 Å². The van der Waals surface area contributed by atoms with Gasteiger partial charge in [0.15, 0.2) is 0 Å². The summed E-state index contributed by atoms with van der Waals surface area (Å²) in [5.74, 6) is -2.59. The summed E-state index contributed by atoms with van der Waals surface area (Å²) in [5, 5.41) is 0.0852. The minimum atomic E-state index is -4.44. The SMILES string of the molecule is Nc1nc2c(c(-c3cccc(F)c3)n1)-c1cc(NS(=O)(=O)c3ccc(F)cc3F)c(Cl)cc1CC2. The number of hydrogen-bond donors (Lipinski definition) is 2. The summed E-state index contributed by atoms with van der Waals surface area (Å²) in [5.41, 5.74) is 9.29. The van der Waals surface area contributed by atoms with Gasteiger partial charge < -0.3 is 5.73 Å². The van der Waals surface area contributed by atoms with Crippen molar-refractivity contribution < 1.29 is 21.6 Å². The number of aromatic nitrogens is 2. The van der Waals surface area contributed by atoms with Gasteiger partial charge in [0.25, 0.3) is 10.0 Å². The van der Waals surface area contributed by atoms with E-state index in [0.717, 1.165) is 17.7 Å². The van der Waals surface area contributed by atoms with Crippen LogP contribution in [0.5, 0.6) is 0 Å². The number of aryl methyl sites for hydroxylation is 2. The standard InChI is InChI=1S/C24H16ClF3N4O2S/c25-17-9-12-4-6-19-22(23(31-24(29)30-19)13-2-1-3-14(26)8-13)16(12)11-20(17)32-35(33,34)21-7-5-15(27)10-18(21)28/h1-3,5,7-11,32H,4,6H2,(H2,29,30,31). The molecule has 3 aromatic carbocycles. The smallest absolute Gasteiger partial charge is 0.264 e. The van der Waals surface area contributed by atoms with Crippen molar-refractivity contribution in [2.24, 2.45) is 0 Å². The average Bonchev–Trinajstić information content (AvgIpc) is 2.78. The molecule has 0 saturated heterocycles. The first-order valence-electron chi connectivity index (χ1n) is 10.4. The number of nitrogens with two attached hydrogens (primary N) is 1. The quantitative estimate of drug-likeness (QED) is 0.380. The van der Waals surface area contributed by atoms with Gasteiger partial charge in [-0.15, -0.1) is 0 Å². The average molecular weight is 517 g/mol. The summed E-state index contributed by atoms with van der Waals surface area (Å²) in [4.78, 5) is 7.93. The van der Waals surface area contributed by atoms with Crippen LogP contribution in [0.3, 0.4) is 0 Å². The molecule has 5 rings (SSSR count). The van der Waals surface area contributed by atoms with E-state index in [2.05, 4.69) is 14.7 Å². The lowest BCUT2D eigenvalue weighted by Gasteiger charge is -2.23. The molecule has 35 heavy (non-hydrogen) atoms. The Morgan fingerprint density at radius 3 is 2.46 bits per heavy atom. The van der Waals surface area contributed by atoms with Crippen molar-refractivity contribution in [1.29, 1.82) is 0 Å². The minimum absolute atomic E-state index is 0.0214. The van der Waals surface area contributed by atoms with Crippen LogP contribution < -0.4 is 10.5 Å². The third kappa shape index (κ3) is 4.30. The van der Waals surface area contributed by atoms with E-state index in [1.807, 2.05) is 0 Å². The molecule has 178 valence electrons. The fourth-order valence-electron chi connectivity index (χ4n) is 4.11. The van der Waals surface area contributed by atoms with Gasteiger partial charge in [0.05, 0.1) is 22.1 Å². The number of benzene rings is 3. The zero-order chi connectivity index (χ0) is 24.9. The maximum Gasteiger partial charge on any atom is 0.264 e. The molecule has 0 aliphatic heterocycles. The number of sulfonamides is 1. The van der Waals surface area contributed by atoms with Gasteiger partial charge in [-0.3, -0.25) is 4.72 Å². The lowest BCUT2D eigenvalue weighted by molar-refractivity contribution is 0.551. The molecule has 0 amide bonds. The Bertz CT molecular complexity index is 1610. The molecule has 11 heteroatoms. The molecule has 0 atom stereocenters. The molecule has 0 bridgehead atoms. The molecule has 1 aliphatic rings. The molecule has 0 fully saturated rings. The Kier molecular flexibility index (Phi) is 5.65. The highest BCUT2D eigenvalue weighted by Gasteiger charge is 2.27. The Morgan fingerprint density at radius 1 is 0.943 bits per heavy atom. The topological polar surface area (TPSA) is 98.0 Å². The highest BCUT2D eigenvalue weighted by molar-refractivity contribution is 7.92. The maximum absolute atomic E-state index is 14.2. The molecule has 0 unspecified atom stereocenters. The van der Waals surface area contributed by atoms with Crippen molar-refractivity contribution in [3.63, 3.8) is 0 Å². The second-order valence-electron chi connectivity index (χ2n) is 7.93. The van der Waals surface area contributed by atoms with Crippen LogP contribution in [0.2, 0.25) is 5.02 Å². The number of nitrogens with zero attached hydrogens (tertiary/aromatic N) is 2. The van der Waals surface area contributed by atoms with Gasteiger partial charge >= 0.3 is 0 Å². The van der Waals surface area contributed by atoms with Gasteiger partial charge in [0.1, 0.15) is 22.3 Å². The van der Waals surface area contributed by atoms with Crippen LogP contribution in [0, 0.1) is 17.5 Å². The largest absolute Gasteiger partial charge is 0.368 e. The number of halogens is 4. The van der Waals surface area contributed by atoms with Crippen molar-refractivity contribution in [1.82, 2.24) is 9.97 Å². The van der Waals surface area contributed by atoms with Crippen LogP contribution in [-0.4, -0.2) is 18.4 Å². The van der Waals surface area contributed by atoms with Gasteiger partial charge in [-0.2, -0.15) is 0 Å². The molecule has 1 aromatic heterocycles. The van der Waals surface area contributed by atoms with Crippen LogP contribution in [0.25, 0.3) is 22.4 Å². The molecular weight excluding hydrogens is 501 g/mol. The second kappa shape index (κ2) is 8.54. The number of fused-ring (bicyclic) bond motifs is 3. The fraction of sp³-hybridized carbons (Fsp3) is 0.0833. The first-order chi connectivity index (χ1) is 16.6. The number of nitrogens with one attached hydrogen (secondary N) is 1. The predicted octanol–water partition coefficient (Wildman–Crippen LogP) is 5.36. The Labute approximate surface area is 203 Å². The van der Waals surface area contributed by atoms with Crippen molar-refractivity contribution in [2.75, 3.05) is 10.5 Å². The second-order valence-corrected chi connectivity index (χ2v) is 9.99. The van der Waals surface area contributed by atoms with Crippen LogP contribution in [0.15, 0.2) is 59.5 Å². The number of nitrogen functional groups attached to an aromatic ring is 1. The molecule has 1 heterocycles. The van der Waals surface area contributed by atoms with Crippen molar-refractivity contribution in [3.8, 4) is 22.4 Å². The molecule has 1 aliphatic carbocycles. The summed E-state index contributed by atoms with van der Waals surface area (Å²) in [6, 6.07) is 11.1. The fourth-order valence-corrected chi connectivity index (χ4v) is 5.53. The third-order valence-corrected chi connectivity index (χ3v) is 7.33. The van der Waals surface area contributed by atoms with E-state index in [1.54, 1.807) is 12.1 Å². The van der Waals surface area contributed by atoms with Crippen molar-refractivity contribution in [2.45, 2.75) is 17.7 Å². The first kappa shape index (κ1) is 23.1. The molecule has 0 radical (unpaired) electrons. The predicted molar refractivity (Wildman–Crippen MR) is 127 cm³/mol. The van der Waals surface area contributed by atoms with E-state index >= 15 is 0 Å². The summed E-state index contributed by atoms with van der Waals surface area (Å²) >= 11 is 6.37. The molecular formula is C24H16ClF3N4O2S. The summed E-state index contributed by atoms with van der Waals surface area (Å²) < 4.78 is 69.4. The number of rotatable bonds is 4. The van der Waals surface area contributed by atoms with Crippen molar-refractivity contribution >= 4 is 33.3 Å². The minimum Gasteiger partial charge on any atom is -0.368 e. The molecule has 0 saturated carbocycles. The van der Waals surface area contributed by atoms with Gasteiger partial charge in [-0.1, -0.05) is 23.7 Å². The van der Waals surface area contributed by atoms with E-state index in [9.17, 15) is 21.6 Å². The highest BCUT2D eigenvalue weighted by atomic mass is 35.5. The number of anilines is 2. The number of hydrogen-bond acceptors (Lipinski definition) is 5. The molecule has 4 aromatic rings. The van der Waals surface area contributed by atoms with Gasteiger partial charge in [0, 0.05) is 17.2 Å². The van der Waals surface area contributed by atoms with Crippen LogP contribution in [-0.2, 0) is 22.9 Å². The molecule has 6 nitrogen and oxygen atoms in total. The van der Waals surface area contributed by atoms with Gasteiger partial charge in [0.2, 0.25) is 5.95 Å². The normalized spacial score (nSPS) is 12.7. The lowest BCUT2D eigenvalue weighted by atomic mass is 9.85. The Hall–Kier alpha value is -3.63. The lowest BCUT2D eigenvalue weighted by Crippen LogP contribution is -2.16. The zero-order valence-electron chi connectivity index (χ0n) is 17.8.